The highest BCUT2D eigenvalue weighted by molar-refractivity contribution is 5.75. The fourth-order valence-corrected chi connectivity index (χ4v) is 2.89. The second kappa shape index (κ2) is 9.11. The molecule has 0 radical (unpaired) electrons. The van der Waals surface area contributed by atoms with Crippen molar-refractivity contribution in [3.05, 3.63) is 35.5 Å². The van der Waals surface area contributed by atoms with Crippen LogP contribution in [0.5, 0.6) is 0 Å². The summed E-state index contributed by atoms with van der Waals surface area (Å²) in [5.74, 6) is -0.245. The van der Waals surface area contributed by atoms with E-state index >= 15 is 0 Å². The molecule has 1 aliphatic rings. The van der Waals surface area contributed by atoms with Crippen molar-refractivity contribution in [2.24, 2.45) is 5.92 Å². The summed E-state index contributed by atoms with van der Waals surface area (Å²) in [6.07, 6.45) is 1.38. The van der Waals surface area contributed by atoms with E-state index in [9.17, 15) is 10.1 Å². The average molecular weight is 349 g/mol. The van der Waals surface area contributed by atoms with E-state index in [1.807, 2.05) is 24.3 Å². The molecule has 0 aliphatic carbocycles. The predicted molar refractivity (Wildman–Crippen MR) is 95.5 cm³/mol. The van der Waals surface area contributed by atoms with Crippen LogP contribution in [0.25, 0.3) is 0 Å². The van der Waals surface area contributed by atoms with Crippen molar-refractivity contribution in [1.82, 2.24) is 0 Å². The summed E-state index contributed by atoms with van der Waals surface area (Å²) in [6.45, 7) is 3.54. The lowest BCUT2D eigenvalue weighted by Crippen LogP contribution is -2.37. The lowest BCUT2D eigenvalue weighted by Gasteiger charge is -2.33. The summed E-state index contributed by atoms with van der Waals surface area (Å²) in [4.78, 5) is 14.0. The SMILES string of the molecule is CCOC(=O)C1CCN(c2ccccc2NC(C#N)=C(C#N)C#N)CC1. The van der Waals surface area contributed by atoms with Crippen LogP contribution in [0.3, 0.4) is 0 Å². The Balaban J connectivity index is 2.17. The van der Waals surface area contributed by atoms with Crippen LogP contribution in [-0.2, 0) is 9.53 Å². The Bertz CT molecular complexity index is 802. The first-order chi connectivity index (χ1) is 12.6. The van der Waals surface area contributed by atoms with Crippen molar-refractivity contribution in [3.63, 3.8) is 0 Å². The van der Waals surface area contributed by atoms with Crippen molar-refractivity contribution < 1.29 is 9.53 Å². The minimum absolute atomic E-state index is 0.0798. The Labute approximate surface area is 152 Å². The van der Waals surface area contributed by atoms with Gasteiger partial charge in [-0.2, -0.15) is 15.8 Å². The number of piperidine rings is 1. The molecule has 0 bridgehead atoms. The zero-order valence-electron chi connectivity index (χ0n) is 14.5. The van der Waals surface area contributed by atoms with Crippen molar-refractivity contribution in [2.75, 3.05) is 29.9 Å². The van der Waals surface area contributed by atoms with E-state index in [1.54, 1.807) is 25.1 Å². The summed E-state index contributed by atoms with van der Waals surface area (Å²) < 4.78 is 5.09. The van der Waals surface area contributed by atoms with E-state index in [2.05, 4.69) is 10.2 Å². The topological polar surface area (TPSA) is 113 Å². The Kier molecular flexibility index (Phi) is 6.60. The number of nitrogens with one attached hydrogen (secondary N) is 1. The molecule has 1 fully saturated rings. The third kappa shape index (κ3) is 4.32. The number of carbonyl (C=O) groups is 1. The van der Waals surface area contributed by atoms with Gasteiger partial charge < -0.3 is 15.0 Å². The second-order valence-corrected chi connectivity index (χ2v) is 5.74. The van der Waals surface area contributed by atoms with Gasteiger partial charge in [0.25, 0.3) is 0 Å². The smallest absolute Gasteiger partial charge is 0.309 e. The number of benzene rings is 1. The zero-order valence-corrected chi connectivity index (χ0v) is 14.5. The molecule has 0 spiro atoms. The van der Waals surface area contributed by atoms with Crippen LogP contribution in [0, 0.1) is 39.9 Å². The molecule has 132 valence electrons. The number of hydrogen-bond acceptors (Lipinski definition) is 7. The lowest BCUT2D eigenvalue weighted by molar-refractivity contribution is -0.148. The van der Waals surface area contributed by atoms with Gasteiger partial charge in [-0.25, -0.2) is 0 Å². The van der Waals surface area contributed by atoms with Gasteiger partial charge in [-0.05, 0) is 31.9 Å². The number of nitrogens with zero attached hydrogens (tertiary/aromatic N) is 4. The molecule has 1 aliphatic heterocycles. The fourth-order valence-electron chi connectivity index (χ4n) is 2.89. The molecule has 1 heterocycles. The van der Waals surface area contributed by atoms with E-state index < -0.39 is 0 Å². The van der Waals surface area contributed by atoms with E-state index in [0.29, 0.717) is 38.2 Å². The van der Waals surface area contributed by atoms with E-state index in [0.717, 1.165) is 5.69 Å². The first-order valence-corrected chi connectivity index (χ1v) is 8.36. The third-order valence-corrected chi connectivity index (χ3v) is 4.20. The van der Waals surface area contributed by atoms with Crippen LogP contribution < -0.4 is 10.2 Å². The maximum atomic E-state index is 11.9. The maximum Gasteiger partial charge on any atom is 0.309 e. The molecule has 0 amide bonds. The van der Waals surface area contributed by atoms with Crippen LogP contribution in [0.4, 0.5) is 11.4 Å². The Morgan fingerprint density at radius 1 is 1.19 bits per heavy atom. The molecule has 1 aromatic rings. The summed E-state index contributed by atoms with van der Waals surface area (Å²) in [7, 11) is 0. The number of para-hydroxylation sites is 2. The number of anilines is 2. The molecule has 0 atom stereocenters. The van der Waals surface area contributed by atoms with Crippen LogP contribution >= 0.6 is 0 Å². The largest absolute Gasteiger partial charge is 0.466 e. The monoisotopic (exact) mass is 349 g/mol. The molecule has 26 heavy (non-hydrogen) atoms. The van der Waals surface area contributed by atoms with Gasteiger partial charge in [-0.1, -0.05) is 12.1 Å². The summed E-state index contributed by atoms with van der Waals surface area (Å²) >= 11 is 0. The fraction of sp³-hybridized carbons (Fsp3) is 0.368. The molecule has 1 saturated heterocycles. The number of allylic oxidation sites excluding steroid dienone is 2. The van der Waals surface area contributed by atoms with E-state index in [4.69, 9.17) is 15.3 Å². The zero-order chi connectivity index (χ0) is 18.9. The molecule has 0 saturated carbocycles. The molecular weight excluding hydrogens is 330 g/mol. The van der Waals surface area contributed by atoms with Crippen molar-refractivity contribution in [2.45, 2.75) is 19.8 Å². The Morgan fingerprint density at radius 3 is 2.42 bits per heavy atom. The van der Waals surface area contributed by atoms with Crippen molar-refractivity contribution in [1.29, 1.82) is 15.8 Å². The summed E-state index contributed by atoms with van der Waals surface area (Å²) in [5.41, 5.74) is 1.16. The molecule has 0 unspecified atom stereocenters. The number of ether oxygens (including phenoxy) is 1. The molecule has 1 aromatic carbocycles. The quantitative estimate of drug-likeness (QED) is 0.642. The highest BCUT2D eigenvalue weighted by atomic mass is 16.5. The lowest BCUT2D eigenvalue weighted by atomic mass is 9.96. The minimum atomic E-state index is -0.261. The molecule has 0 aromatic heterocycles. The highest BCUT2D eigenvalue weighted by Crippen LogP contribution is 2.31. The number of esters is 1. The Hall–Kier alpha value is -3.50. The molecule has 7 heteroatoms. The van der Waals surface area contributed by atoms with Gasteiger partial charge in [0.1, 0.15) is 23.9 Å². The second-order valence-electron chi connectivity index (χ2n) is 5.74. The first kappa shape index (κ1) is 18.8. The normalized spacial score (nSPS) is 13.7. The summed E-state index contributed by atoms with van der Waals surface area (Å²) in [6, 6.07) is 12.7. The summed E-state index contributed by atoms with van der Waals surface area (Å²) in [5, 5.41) is 30.1. The predicted octanol–water partition coefficient (Wildman–Crippen LogP) is 2.70. The van der Waals surface area contributed by atoms with E-state index in [1.165, 1.54) is 0 Å². The number of hydrogen-bond donors (Lipinski definition) is 1. The average Bonchev–Trinajstić information content (AvgIpc) is 2.68. The Morgan fingerprint density at radius 2 is 1.85 bits per heavy atom. The van der Waals surface area contributed by atoms with Gasteiger partial charge in [0.2, 0.25) is 0 Å². The van der Waals surface area contributed by atoms with E-state index in [-0.39, 0.29) is 23.2 Å². The minimum Gasteiger partial charge on any atom is -0.466 e. The van der Waals surface area contributed by atoms with Gasteiger partial charge in [-0.15, -0.1) is 0 Å². The standard InChI is InChI=1S/C19H19N5O2/c1-2-26-19(25)14-7-9-24(10-8-14)18-6-4-3-5-16(18)23-17(13-22)15(11-20)12-21/h3-6,14,23H,2,7-10H2,1H3. The molecule has 7 nitrogen and oxygen atoms in total. The third-order valence-electron chi connectivity index (χ3n) is 4.20. The molecular formula is C19H19N5O2. The maximum absolute atomic E-state index is 11.9. The van der Waals surface area contributed by atoms with Crippen molar-refractivity contribution in [3.8, 4) is 18.2 Å². The molecule has 2 rings (SSSR count). The first-order valence-electron chi connectivity index (χ1n) is 8.36. The number of nitriles is 3. The van der Waals surface area contributed by atoms with Gasteiger partial charge in [0, 0.05) is 13.1 Å². The van der Waals surface area contributed by atoms with Gasteiger partial charge in [0.05, 0.1) is 23.9 Å². The molecule has 1 N–H and O–H groups in total. The van der Waals surface area contributed by atoms with Gasteiger partial charge in [0.15, 0.2) is 5.57 Å². The number of carbonyl (C=O) groups excluding carboxylic acids is 1. The van der Waals surface area contributed by atoms with Crippen LogP contribution in [0.1, 0.15) is 19.8 Å². The van der Waals surface area contributed by atoms with Gasteiger partial charge in [-0.3, -0.25) is 4.79 Å². The van der Waals surface area contributed by atoms with Crippen LogP contribution in [0.2, 0.25) is 0 Å². The van der Waals surface area contributed by atoms with Crippen LogP contribution in [-0.4, -0.2) is 25.7 Å². The van der Waals surface area contributed by atoms with Crippen molar-refractivity contribution >= 4 is 17.3 Å². The number of rotatable bonds is 5. The van der Waals surface area contributed by atoms with Crippen LogP contribution in [0.15, 0.2) is 35.5 Å². The highest BCUT2D eigenvalue weighted by Gasteiger charge is 2.27. The van der Waals surface area contributed by atoms with Gasteiger partial charge >= 0.3 is 5.97 Å².